The minimum absolute atomic E-state index is 0.153. The summed E-state index contributed by atoms with van der Waals surface area (Å²) in [5.41, 5.74) is 0. The number of hydrogen-bond donors (Lipinski definition) is 1. The third kappa shape index (κ3) is 2.42. The summed E-state index contributed by atoms with van der Waals surface area (Å²) in [5, 5.41) is 8.06. The lowest BCUT2D eigenvalue weighted by molar-refractivity contribution is -0.142. The summed E-state index contributed by atoms with van der Waals surface area (Å²) < 4.78 is 28.7. The predicted molar refractivity (Wildman–Crippen MR) is 31.5 cm³/mol. The molecule has 1 atom stereocenters. The number of carbonyl (C=O) groups is 1. The minimum atomic E-state index is -2.61. The third-order valence-electron chi connectivity index (χ3n) is 1.50. The molecule has 0 amide bonds. The molecule has 1 aliphatic rings. The van der Waals surface area contributed by atoms with Gasteiger partial charge in [-0.3, -0.25) is 0 Å². The van der Waals surface area contributed by atoms with E-state index in [-0.39, 0.29) is 13.0 Å². The molecule has 1 aliphatic carbocycles. The molecule has 0 aromatic heterocycles. The van der Waals surface area contributed by atoms with Gasteiger partial charge in [-0.15, -0.1) is 0 Å². The van der Waals surface area contributed by atoms with E-state index in [9.17, 15) is 13.6 Å². The summed E-state index contributed by atoms with van der Waals surface area (Å²) in [6.45, 7) is -0.647. The maximum absolute atomic E-state index is 12.1. The van der Waals surface area contributed by atoms with Gasteiger partial charge in [0.1, 0.15) is 6.61 Å². The van der Waals surface area contributed by atoms with Crippen molar-refractivity contribution in [2.24, 2.45) is 5.92 Å². The average molecular weight is 166 g/mol. The Balaban J connectivity index is 2.02. The zero-order chi connectivity index (χ0) is 8.48. The maximum atomic E-state index is 12.1. The van der Waals surface area contributed by atoms with Crippen LogP contribution in [0.3, 0.4) is 0 Å². The van der Waals surface area contributed by atoms with Crippen LogP contribution in [0.2, 0.25) is 0 Å². The number of hydrogen-bond acceptors (Lipinski definition) is 2. The van der Waals surface area contributed by atoms with Crippen LogP contribution in [0.4, 0.5) is 8.78 Å². The van der Waals surface area contributed by atoms with Crippen molar-refractivity contribution in [1.82, 2.24) is 0 Å². The summed E-state index contributed by atoms with van der Waals surface area (Å²) in [4.78, 5) is 9.85. The Bertz CT molecular complexity index is 169. The zero-order valence-electron chi connectivity index (χ0n) is 5.72. The van der Waals surface area contributed by atoms with E-state index >= 15 is 0 Å². The first-order valence-corrected chi connectivity index (χ1v) is 3.20. The lowest BCUT2D eigenvalue weighted by atomic mass is 10.4. The highest BCUT2D eigenvalue weighted by molar-refractivity contribution is 5.67. The third-order valence-corrected chi connectivity index (χ3v) is 1.50. The summed E-state index contributed by atoms with van der Waals surface area (Å²) in [6.07, 6.45) is -0.174. The minimum Gasteiger partial charge on any atom is -0.480 e. The predicted octanol–water partition coefficient (Wildman–Crippen LogP) is 0.743. The summed E-state index contributed by atoms with van der Waals surface area (Å²) in [5.74, 6) is -4.51. The molecule has 3 nitrogen and oxygen atoms in total. The van der Waals surface area contributed by atoms with E-state index in [0.717, 1.165) is 0 Å². The van der Waals surface area contributed by atoms with Crippen LogP contribution >= 0.6 is 0 Å². The second-order valence-electron chi connectivity index (χ2n) is 2.57. The number of halogens is 2. The molecule has 0 bridgehead atoms. The van der Waals surface area contributed by atoms with Crippen molar-refractivity contribution in [3.8, 4) is 0 Å². The average Bonchev–Trinajstić information content (AvgIpc) is 2.39. The molecule has 11 heavy (non-hydrogen) atoms. The van der Waals surface area contributed by atoms with Gasteiger partial charge in [0.25, 0.3) is 5.92 Å². The van der Waals surface area contributed by atoms with E-state index in [1.807, 2.05) is 0 Å². The van der Waals surface area contributed by atoms with Gasteiger partial charge in [-0.25, -0.2) is 13.6 Å². The molecule has 0 heterocycles. The van der Waals surface area contributed by atoms with Crippen molar-refractivity contribution < 1.29 is 23.4 Å². The van der Waals surface area contributed by atoms with Crippen LogP contribution in [0.25, 0.3) is 0 Å². The Labute approximate surface area is 62.0 Å². The van der Waals surface area contributed by atoms with E-state index in [2.05, 4.69) is 4.74 Å². The van der Waals surface area contributed by atoms with Crippen LogP contribution in [-0.4, -0.2) is 30.2 Å². The van der Waals surface area contributed by atoms with Crippen LogP contribution in [0.5, 0.6) is 0 Å². The Morgan fingerprint density at radius 1 is 1.73 bits per heavy atom. The lowest BCUT2D eigenvalue weighted by Crippen LogP contribution is -2.10. The Kier molecular flexibility index (Phi) is 2.08. The van der Waals surface area contributed by atoms with Crippen molar-refractivity contribution in [3.05, 3.63) is 0 Å². The van der Waals surface area contributed by atoms with Crippen LogP contribution < -0.4 is 0 Å². The lowest BCUT2D eigenvalue weighted by Gasteiger charge is -1.98. The fourth-order valence-electron chi connectivity index (χ4n) is 0.739. The maximum Gasteiger partial charge on any atom is 0.329 e. The van der Waals surface area contributed by atoms with Crippen LogP contribution in [0.1, 0.15) is 6.42 Å². The zero-order valence-corrected chi connectivity index (χ0v) is 5.72. The van der Waals surface area contributed by atoms with Gasteiger partial charge >= 0.3 is 5.97 Å². The number of carboxylic acids is 1. The molecule has 5 heteroatoms. The highest BCUT2D eigenvalue weighted by Gasteiger charge is 2.56. The molecule has 0 radical (unpaired) electrons. The smallest absolute Gasteiger partial charge is 0.329 e. The first kappa shape index (κ1) is 8.39. The van der Waals surface area contributed by atoms with E-state index in [1.165, 1.54) is 0 Å². The molecule has 1 N–H and O–H groups in total. The molecule has 0 saturated heterocycles. The van der Waals surface area contributed by atoms with Gasteiger partial charge in [-0.1, -0.05) is 0 Å². The summed E-state index contributed by atoms with van der Waals surface area (Å²) >= 11 is 0. The number of aliphatic carboxylic acids is 1. The topological polar surface area (TPSA) is 46.5 Å². The SMILES string of the molecule is O=C(O)COCC1CC1(F)F. The molecule has 0 aromatic carbocycles. The molecule has 1 fully saturated rings. The fourth-order valence-corrected chi connectivity index (χ4v) is 0.739. The van der Waals surface area contributed by atoms with Gasteiger partial charge in [0.15, 0.2) is 0 Å². The molecule has 0 aromatic rings. The molecule has 64 valence electrons. The quantitative estimate of drug-likeness (QED) is 0.670. The monoisotopic (exact) mass is 166 g/mol. The largest absolute Gasteiger partial charge is 0.480 e. The highest BCUT2D eigenvalue weighted by atomic mass is 19.3. The van der Waals surface area contributed by atoms with Gasteiger partial charge in [0.2, 0.25) is 0 Å². The van der Waals surface area contributed by atoms with E-state index in [1.54, 1.807) is 0 Å². The van der Waals surface area contributed by atoms with Crippen molar-refractivity contribution in [2.45, 2.75) is 12.3 Å². The molecular formula is C6H8F2O3. The Hall–Kier alpha value is -0.710. The number of carboxylic acid groups (broad SMARTS) is 1. The molecule has 1 rings (SSSR count). The van der Waals surface area contributed by atoms with Gasteiger partial charge in [-0.05, 0) is 0 Å². The first-order valence-electron chi connectivity index (χ1n) is 3.20. The van der Waals surface area contributed by atoms with Crippen LogP contribution in [-0.2, 0) is 9.53 Å². The van der Waals surface area contributed by atoms with E-state index < -0.39 is 24.4 Å². The summed E-state index contributed by atoms with van der Waals surface area (Å²) in [7, 11) is 0. The van der Waals surface area contributed by atoms with E-state index in [4.69, 9.17) is 5.11 Å². The molecule has 0 spiro atoms. The Morgan fingerprint density at radius 3 is 2.64 bits per heavy atom. The second-order valence-corrected chi connectivity index (χ2v) is 2.57. The molecule has 1 saturated carbocycles. The first-order chi connectivity index (χ1) is 5.02. The number of alkyl halides is 2. The number of rotatable bonds is 4. The second kappa shape index (κ2) is 2.73. The van der Waals surface area contributed by atoms with Crippen molar-refractivity contribution in [2.75, 3.05) is 13.2 Å². The van der Waals surface area contributed by atoms with Gasteiger partial charge < -0.3 is 9.84 Å². The van der Waals surface area contributed by atoms with Crippen LogP contribution in [0.15, 0.2) is 0 Å². The van der Waals surface area contributed by atoms with Crippen LogP contribution in [0, 0.1) is 5.92 Å². The van der Waals surface area contributed by atoms with Gasteiger partial charge in [-0.2, -0.15) is 0 Å². The van der Waals surface area contributed by atoms with Gasteiger partial charge in [0, 0.05) is 6.42 Å². The van der Waals surface area contributed by atoms with Crippen molar-refractivity contribution in [3.63, 3.8) is 0 Å². The molecule has 1 unspecified atom stereocenters. The Morgan fingerprint density at radius 2 is 2.27 bits per heavy atom. The van der Waals surface area contributed by atoms with Gasteiger partial charge in [0.05, 0.1) is 12.5 Å². The molecule has 0 aliphatic heterocycles. The normalized spacial score (nSPS) is 26.5. The molecular weight excluding hydrogens is 158 g/mol. The highest BCUT2D eigenvalue weighted by Crippen LogP contribution is 2.48. The van der Waals surface area contributed by atoms with Crippen molar-refractivity contribution in [1.29, 1.82) is 0 Å². The number of ether oxygens (including phenoxy) is 1. The van der Waals surface area contributed by atoms with Crippen molar-refractivity contribution >= 4 is 5.97 Å². The fraction of sp³-hybridized carbons (Fsp3) is 0.833. The summed E-state index contributed by atoms with van der Waals surface area (Å²) in [6, 6.07) is 0. The standard InChI is InChI=1S/C6H8F2O3/c7-6(8)1-4(6)2-11-3-5(9)10/h4H,1-3H2,(H,9,10). The van der Waals surface area contributed by atoms with E-state index in [0.29, 0.717) is 0 Å².